The molecule has 3 nitrogen and oxygen atoms in total. The molecule has 0 aliphatic heterocycles. The van der Waals surface area contributed by atoms with Crippen molar-refractivity contribution in [3.8, 4) is 0 Å². The first-order valence-electron chi connectivity index (χ1n) is 7.75. The van der Waals surface area contributed by atoms with Gasteiger partial charge in [0.25, 0.3) is 0 Å². The Morgan fingerprint density at radius 1 is 1.41 bits per heavy atom. The molecule has 120 valence electrons. The maximum absolute atomic E-state index is 12.3. The summed E-state index contributed by atoms with van der Waals surface area (Å²) in [5.74, 6) is -0.0448. The number of amides is 1. The number of benzene rings is 1. The largest absolute Gasteiger partial charge is 0.324 e. The first-order chi connectivity index (χ1) is 10.6. The summed E-state index contributed by atoms with van der Waals surface area (Å²) in [5.41, 5.74) is 0.603. The van der Waals surface area contributed by atoms with Gasteiger partial charge in [-0.15, -0.1) is 0 Å². The van der Waals surface area contributed by atoms with E-state index in [1.165, 1.54) is 6.42 Å². The lowest BCUT2D eigenvalue weighted by Crippen LogP contribution is -2.41. The van der Waals surface area contributed by atoms with Gasteiger partial charge in [0.2, 0.25) is 5.91 Å². The molecule has 2 rings (SSSR count). The number of hydrogen-bond acceptors (Lipinski definition) is 2. The Hall–Kier alpha value is -1.03. The summed E-state index contributed by atoms with van der Waals surface area (Å²) in [6.07, 6.45) is 8.91. The lowest BCUT2D eigenvalue weighted by molar-refractivity contribution is -0.117. The number of allylic oxidation sites excluding steroid dienone is 1. The maximum atomic E-state index is 12.3. The van der Waals surface area contributed by atoms with Gasteiger partial charge in [-0.1, -0.05) is 42.3 Å². The van der Waals surface area contributed by atoms with Crippen molar-refractivity contribution in [3.63, 3.8) is 0 Å². The van der Waals surface area contributed by atoms with Crippen LogP contribution in [0.25, 0.3) is 0 Å². The third kappa shape index (κ3) is 5.01. The molecule has 5 heteroatoms. The molecule has 0 heterocycles. The van der Waals surface area contributed by atoms with Crippen LogP contribution in [-0.4, -0.2) is 29.9 Å². The Morgan fingerprint density at radius 2 is 2.23 bits per heavy atom. The molecule has 1 aromatic carbocycles. The molecular weight excluding hydrogens is 319 g/mol. The van der Waals surface area contributed by atoms with Gasteiger partial charge in [-0.2, -0.15) is 0 Å². The van der Waals surface area contributed by atoms with Crippen LogP contribution in [0, 0.1) is 0 Å². The zero-order valence-electron chi connectivity index (χ0n) is 12.8. The van der Waals surface area contributed by atoms with Crippen molar-refractivity contribution in [1.82, 2.24) is 4.90 Å². The molecule has 1 unspecified atom stereocenters. The van der Waals surface area contributed by atoms with Gasteiger partial charge in [-0.25, -0.2) is 0 Å². The Labute approximate surface area is 142 Å². The van der Waals surface area contributed by atoms with E-state index in [1.807, 2.05) is 0 Å². The number of carbonyl (C=O) groups excluding carboxylic acids is 1. The molecule has 1 aliphatic rings. The fraction of sp³-hybridized carbons (Fsp3) is 0.471. The zero-order valence-corrected chi connectivity index (χ0v) is 14.3. The molecule has 0 saturated heterocycles. The van der Waals surface area contributed by atoms with Crippen LogP contribution in [0.3, 0.4) is 0 Å². The highest BCUT2D eigenvalue weighted by Gasteiger charge is 2.20. The van der Waals surface area contributed by atoms with E-state index < -0.39 is 0 Å². The highest BCUT2D eigenvalue weighted by Crippen LogP contribution is 2.25. The second-order valence-electron chi connectivity index (χ2n) is 5.57. The van der Waals surface area contributed by atoms with Crippen LogP contribution in [-0.2, 0) is 4.79 Å². The van der Waals surface area contributed by atoms with Gasteiger partial charge in [0.15, 0.2) is 0 Å². The summed E-state index contributed by atoms with van der Waals surface area (Å²) in [6.45, 7) is 3.42. The Morgan fingerprint density at radius 3 is 2.86 bits per heavy atom. The van der Waals surface area contributed by atoms with E-state index in [0.29, 0.717) is 28.3 Å². The number of carbonyl (C=O) groups is 1. The highest BCUT2D eigenvalue weighted by molar-refractivity contribution is 6.36. The summed E-state index contributed by atoms with van der Waals surface area (Å²) >= 11 is 12.0. The van der Waals surface area contributed by atoms with Crippen LogP contribution in [0.1, 0.15) is 32.6 Å². The fourth-order valence-electron chi connectivity index (χ4n) is 2.71. The van der Waals surface area contributed by atoms with E-state index in [0.717, 1.165) is 25.8 Å². The SMILES string of the molecule is CCCN(CC(=O)Nc1ccc(Cl)cc1Cl)C1C=CCCC1. The molecule has 1 aromatic rings. The van der Waals surface area contributed by atoms with Crippen molar-refractivity contribution in [2.75, 3.05) is 18.4 Å². The smallest absolute Gasteiger partial charge is 0.238 e. The van der Waals surface area contributed by atoms with Crippen LogP contribution >= 0.6 is 23.2 Å². The molecule has 0 aromatic heterocycles. The van der Waals surface area contributed by atoms with Gasteiger partial charge in [0.1, 0.15) is 0 Å². The molecule has 1 N–H and O–H groups in total. The second kappa shape index (κ2) is 8.56. The number of nitrogens with one attached hydrogen (secondary N) is 1. The molecule has 0 saturated carbocycles. The molecular formula is C17H22Cl2N2O. The first kappa shape index (κ1) is 17.3. The van der Waals surface area contributed by atoms with Crippen molar-refractivity contribution in [3.05, 3.63) is 40.4 Å². The van der Waals surface area contributed by atoms with Gasteiger partial charge in [0, 0.05) is 11.1 Å². The van der Waals surface area contributed by atoms with Crippen molar-refractivity contribution in [2.24, 2.45) is 0 Å². The molecule has 1 atom stereocenters. The van der Waals surface area contributed by atoms with E-state index in [2.05, 4.69) is 29.3 Å². The van der Waals surface area contributed by atoms with Crippen LogP contribution in [0.4, 0.5) is 5.69 Å². The monoisotopic (exact) mass is 340 g/mol. The minimum absolute atomic E-state index is 0.0448. The normalized spacial score (nSPS) is 17.7. The fourth-order valence-corrected chi connectivity index (χ4v) is 3.17. The van der Waals surface area contributed by atoms with Crippen molar-refractivity contribution in [1.29, 1.82) is 0 Å². The minimum atomic E-state index is -0.0448. The number of halogens is 2. The molecule has 1 aliphatic carbocycles. The molecule has 0 radical (unpaired) electrons. The lowest BCUT2D eigenvalue weighted by atomic mass is 10.0. The molecule has 0 fully saturated rings. The third-order valence-corrected chi connectivity index (χ3v) is 4.31. The predicted molar refractivity (Wildman–Crippen MR) is 93.7 cm³/mol. The van der Waals surface area contributed by atoms with E-state index in [-0.39, 0.29) is 5.91 Å². The Kier molecular flexibility index (Phi) is 6.74. The van der Waals surface area contributed by atoms with E-state index >= 15 is 0 Å². The summed E-state index contributed by atoms with van der Waals surface area (Å²) in [6, 6.07) is 5.44. The number of anilines is 1. The van der Waals surface area contributed by atoms with E-state index in [9.17, 15) is 4.79 Å². The number of rotatable bonds is 6. The number of hydrogen-bond donors (Lipinski definition) is 1. The van der Waals surface area contributed by atoms with E-state index in [1.54, 1.807) is 18.2 Å². The summed E-state index contributed by atoms with van der Waals surface area (Å²) < 4.78 is 0. The quantitative estimate of drug-likeness (QED) is 0.757. The minimum Gasteiger partial charge on any atom is -0.324 e. The summed E-state index contributed by atoms with van der Waals surface area (Å²) in [4.78, 5) is 14.5. The van der Waals surface area contributed by atoms with Crippen LogP contribution < -0.4 is 5.32 Å². The van der Waals surface area contributed by atoms with Crippen LogP contribution in [0.15, 0.2) is 30.4 Å². The zero-order chi connectivity index (χ0) is 15.9. The van der Waals surface area contributed by atoms with Crippen molar-refractivity contribution in [2.45, 2.75) is 38.6 Å². The maximum Gasteiger partial charge on any atom is 0.238 e. The predicted octanol–water partition coefficient (Wildman–Crippen LogP) is 4.75. The average Bonchev–Trinajstić information content (AvgIpc) is 2.50. The second-order valence-corrected chi connectivity index (χ2v) is 6.41. The van der Waals surface area contributed by atoms with Crippen LogP contribution in [0.5, 0.6) is 0 Å². The standard InChI is InChI=1S/C17H22Cl2N2O/c1-2-10-21(14-6-4-3-5-7-14)12-17(22)20-16-9-8-13(18)11-15(16)19/h4,6,8-9,11,14H,2-3,5,7,10,12H2,1H3,(H,20,22). The van der Waals surface area contributed by atoms with Crippen LogP contribution in [0.2, 0.25) is 10.0 Å². The van der Waals surface area contributed by atoms with E-state index in [4.69, 9.17) is 23.2 Å². The summed E-state index contributed by atoms with van der Waals surface area (Å²) in [5, 5.41) is 3.89. The van der Waals surface area contributed by atoms with Gasteiger partial charge < -0.3 is 5.32 Å². The van der Waals surface area contributed by atoms with Crippen molar-refractivity contribution < 1.29 is 4.79 Å². The topological polar surface area (TPSA) is 32.3 Å². The lowest BCUT2D eigenvalue weighted by Gasteiger charge is -2.30. The molecule has 0 bridgehead atoms. The highest BCUT2D eigenvalue weighted by atomic mass is 35.5. The molecule has 22 heavy (non-hydrogen) atoms. The summed E-state index contributed by atoms with van der Waals surface area (Å²) in [7, 11) is 0. The molecule has 1 amide bonds. The molecule has 0 spiro atoms. The Bertz CT molecular complexity index is 545. The Balaban J connectivity index is 1.98. The van der Waals surface area contributed by atoms with Gasteiger partial charge >= 0.3 is 0 Å². The third-order valence-electron chi connectivity index (χ3n) is 3.76. The van der Waals surface area contributed by atoms with Gasteiger partial charge in [-0.05, 0) is 50.4 Å². The van der Waals surface area contributed by atoms with Crippen molar-refractivity contribution >= 4 is 34.8 Å². The van der Waals surface area contributed by atoms with Gasteiger partial charge in [0.05, 0.1) is 17.3 Å². The average molecular weight is 341 g/mol. The number of nitrogens with zero attached hydrogens (tertiary/aromatic N) is 1. The first-order valence-corrected chi connectivity index (χ1v) is 8.51. The van der Waals surface area contributed by atoms with Gasteiger partial charge in [-0.3, -0.25) is 9.69 Å².